The van der Waals surface area contributed by atoms with E-state index in [1.165, 1.54) is 0 Å². The SMILES string of the molecule is CCCCOC1CC(N(C)C(=O)[C@@H]2CC[C@H](CN)O2)C1(C)C.Cl. The molecule has 2 rings (SSSR count). The maximum absolute atomic E-state index is 12.6. The van der Waals surface area contributed by atoms with Gasteiger partial charge < -0.3 is 20.1 Å². The fraction of sp³-hybridized carbons (Fsp3) is 0.941. The fourth-order valence-corrected chi connectivity index (χ4v) is 3.62. The predicted molar refractivity (Wildman–Crippen MR) is 93.8 cm³/mol. The van der Waals surface area contributed by atoms with Gasteiger partial charge in [0, 0.05) is 31.7 Å². The summed E-state index contributed by atoms with van der Waals surface area (Å²) in [7, 11) is 1.90. The molecule has 1 aliphatic carbocycles. The van der Waals surface area contributed by atoms with Crippen LogP contribution >= 0.6 is 12.4 Å². The normalized spacial score (nSPS) is 32.0. The van der Waals surface area contributed by atoms with Gasteiger partial charge in [0.2, 0.25) is 0 Å². The van der Waals surface area contributed by atoms with E-state index in [0.717, 1.165) is 38.7 Å². The lowest BCUT2D eigenvalue weighted by Gasteiger charge is -2.55. The van der Waals surface area contributed by atoms with Gasteiger partial charge in [-0.15, -0.1) is 12.4 Å². The zero-order valence-electron chi connectivity index (χ0n) is 14.9. The molecule has 4 atom stereocenters. The molecule has 136 valence electrons. The zero-order valence-corrected chi connectivity index (χ0v) is 15.7. The van der Waals surface area contributed by atoms with Crippen LogP contribution in [0.3, 0.4) is 0 Å². The van der Waals surface area contributed by atoms with Crippen molar-refractivity contribution in [2.45, 2.75) is 77.2 Å². The molecule has 6 heteroatoms. The average Bonchev–Trinajstić information content (AvgIpc) is 2.97. The zero-order chi connectivity index (χ0) is 16.3. The Morgan fingerprint density at radius 3 is 2.61 bits per heavy atom. The van der Waals surface area contributed by atoms with Crippen LogP contribution in [0.2, 0.25) is 0 Å². The van der Waals surface area contributed by atoms with Crippen molar-refractivity contribution in [3.63, 3.8) is 0 Å². The highest BCUT2D eigenvalue weighted by Gasteiger charge is 2.52. The molecule has 0 aromatic rings. The highest BCUT2D eigenvalue weighted by Crippen LogP contribution is 2.46. The van der Waals surface area contributed by atoms with E-state index >= 15 is 0 Å². The number of carbonyl (C=O) groups is 1. The fourth-order valence-electron chi connectivity index (χ4n) is 3.62. The van der Waals surface area contributed by atoms with E-state index in [0.29, 0.717) is 6.54 Å². The Morgan fingerprint density at radius 2 is 2.09 bits per heavy atom. The molecule has 2 N–H and O–H groups in total. The Balaban J connectivity index is 0.00000264. The second-order valence-corrected chi connectivity index (χ2v) is 7.29. The lowest BCUT2D eigenvalue weighted by atomic mass is 9.63. The van der Waals surface area contributed by atoms with Crippen LogP contribution in [-0.2, 0) is 14.3 Å². The highest BCUT2D eigenvalue weighted by molar-refractivity contribution is 5.85. The monoisotopic (exact) mass is 348 g/mol. The largest absolute Gasteiger partial charge is 0.378 e. The Morgan fingerprint density at radius 1 is 1.39 bits per heavy atom. The van der Waals surface area contributed by atoms with Gasteiger partial charge >= 0.3 is 0 Å². The van der Waals surface area contributed by atoms with Gasteiger partial charge in [-0.1, -0.05) is 27.2 Å². The summed E-state index contributed by atoms with van der Waals surface area (Å²) in [6.07, 6.45) is 4.83. The van der Waals surface area contributed by atoms with Gasteiger partial charge in [0.05, 0.1) is 12.2 Å². The Hall–Kier alpha value is -0.360. The van der Waals surface area contributed by atoms with E-state index in [2.05, 4.69) is 20.8 Å². The summed E-state index contributed by atoms with van der Waals surface area (Å²) in [6.45, 7) is 7.87. The summed E-state index contributed by atoms with van der Waals surface area (Å²) < 4.78 is 11.7. The Kier molecular flexibility index (Phi) is 7.78. The van der Waals surface area contributed by atoms with Crippen LogP contribution in [0.4, 0.5) is 0 Å². The van der Waals surface area contributed by atoms with E-state index < -0.39 is 0 Å². The number of carbonyl (C=O) groups excluding carboxylic acids is 1. The lowest BCUT2D eigenvalue weighted by Crippen LogP contribution is -2.63. The van der Waals surface area contributed by atoms with Gasteiger partial charge in [0.15, 0.2) is 0 Å². The molecule has 1 saturated carbocycles. The van der Waals surface area contributed by atoms with Crippen LogP contribution in [0.25, 0.3) is 0 Å². The molecule has 1 amide bonds. The summed E-state index contributed by atoms with van der Waals surface area (Å²) in [6, 6.07) is 0.229. The van der Waals surface area contributed by atoms with E-state index in [1.54, 1.807) is 0 Å². The van der Waals surface area contributed by atoms with Crippen LogP contribution in [0.15, 0.2) is 0 Å². The van der Waals surface area contributed by atoms with Crippen molar-refractivity contribution < 1.29 is 14.3 Å². The molecule has 2 unspecified atom stereocenters. The van der Waals surface area contributed by atoms with Gasteiger partial charge in [-0.25, -0.2) is 0 Å². The van der Waals surface area contributed by atoms with Crippen molar-refractivity contribution >= 4 is 18.3 Å². The van der Waals surface area contributed by atoms with Gasteiger partial charge in [-0.2, -0.15) is 0 Å². The first kappa shape index (κ1) is 20.7. The maximum Gasteiger partial charge on any atom is 0.251 e. The van der Waals surface area contributed by atoms with Crippen LogP contribution in [0.5, 0.6) is 0 Å². The second kappa shape index (κ2) is 8.65. The molecule has 0 spiro atoms. The molecule has 2 aliphatic rings. The van der Waals surface area contributed by atoms with E-state index in [-0.39, 0.29) is 48.1 Å². The number of hydrogen-bond acceptors (Lipinski definition) is 4. The van der Waals surface area contributed by atoms with Crippen molar-refractivity contribution in [2.75, 3.05) is 20.2 Å². The van der Waals surface area contributed by atoms with Gasteiger partial charge in [0.25, 0.3) is 5.91 Å². The number of unbranched alkanes of at least 4 members (excludes halogenated alkanes) is 1. The minimum absolute atomic E-state index is 0. The van der Waals surface area contributed by atoms with E-state index in [1.807, 2.05) is 11.9 Å². The van der Waals surface area contributed by atoms with Crippen LogP contribution in [0.1, 0.15) is 52.9 Å². The van der Waals surface area contributed by atoms with Crippen molar-refractivity contribution in [1.29, 1.82) is 0 Å². The molecule has 1 heterocycles. The molecule has 23 heavy (non-hydrogen) atoms. The predicted octanol–water partition coefficient (Wildman–Crippen LogP) is 2.36. The summed E-state index contributed by atoms with van der Waals surface area (Å²) in [5.74, 6) is 0.0982. The topological polar surface area (TPSA) is 64.8 Å². The molecular weight excluding hydrogens is 316 g/mol. The molecule has 0 bridgehead atoms. The number of nitrogens with zero attached hydrogens (tertiary/aromatic N) is 1. The molecule has 0 aromatic carbocycles. The van der Waals surface area contributed by atoms with E-state index in [9.17, 15) is 4.79 Å². The molecule has 2 fully saturated rings. The number of halogens is 1. The maximum atomic E-state index is 12.6. The van der Waals surface area contributed by atoms with Crippen LogP contribution in [0, 0.1) is 5.41 Å². The third-order valence-electron chi connectivity index (χ3n) is 5.40. The minimum atomic E-state index is -0.311. The summed E-state index contributed by atoms with van der Waals surface area (Å²) in [5.41, 5.74) is 5.63. The Bertz CT molecular complexity index is 392. The van der Waals surface area contributed by atoms with Gasteiger partial charge in [0.1, 0.15) is 6.10 Å². The summed E-state index contributed by atoms with van der Waals surface area (Å²) >= 11 is 0. The highest BCUT2D eigenvalue weighted by atomic mass is 35.5. The molecule has 0 aromatic heterocycles. The smallest absolute Gasteiger partial charge is 0.251 e. The molecule has 5 nitrogen and oxygen atoms in total. The number of nitrogens with two attached hydrogens (primary N) is 1. The third-order valence-corrected chi connectivity index (χ3v) is 5.40. The Labute approximate surface area is 146 Å². The van der Waals surface area contributed by atoms with Crippen molar-refractivity contribution in [3.8, 4) is 0 Å². The number of ether oxygens (including phenoxy) is 2. The van der Waals surface area contributed by atoms with Crippen molar-refractivity contribution in [1.82, 2.24) is 4.90 Å². The number of amides is 1. The summed E-state index contributed by atoms with van der Waals surface area (Å²) in [4.78, 5) is 14.5. The number of hydrogen-bond donors (Lipinski definition) is 1. The molecule has 1 aliphatic heterocycles. The first-order chi connectivity index (χ1) is 10.4. The quantitative estimate of drug-likeness (QED) is 0.717. The number of rotatable bonds is 7. The molecule has 1 saturated heterocycles. The van der Waals surface area contributed by atoms with Crippen molar-refractivity contribution in [2.24, 2.45) is 11.1 Å². The first-order valence-electron chi connectivity index (χ1n) is 8.65. The standard InChI is InChI=1S/C17H32N2O3.ClH/c1-5-6-9-21-15-10-14(17(15,2)3)19(4)16(20)13-8-7-12(11-18)22-13;/h12-15H,5-11,18H2,1-4H3;1H/t12-,13+,14?,15?;/m1./s1. The lowest BCUT2D eigenvalue weighted by molar-refractivity contribution is -0.172. The van der Waals surface area contributed by atoms with Crippen LogP contribution in [-0.4, -0.2) is 55.4 Å². The third kappa shape index (κ3) is 4.38. The van der Waals surface area contributed by atoms with Crippen molar-refractivity contribution in [3.05, 3.63) is 0 Å². The first-order valence-corrected chi connectivity index (χ1v) is 8.65. The van der Waals surface area contributed by atoms with E-state index in [4.69, 9.17) is 15.2 Å². The van der Waals surface area contributed by atoms with Gasteiger partial charge in [-0.3, -0.25) is 4.79 Å². The minimum Gasteiger partial charge on any atom is -0.378 e. The second-order valence-electron chi connectivity index (χ2n) is 7.29. The molecule has 0 radical (unpaired) electrons. The molecular formula is C17H33ClN2O3. The summed E-state index contributed by atoms with van der Waals surface area (Å²) in [5, 5.41) is 0. The van der Waals surface area contributed by atoms with Crippen LogP contribution < -0.4 is 5.73 Å². The average molecular weight is 349 g/mol. The van der Waals surface area contributed by atoms with Gasteiger partial charge in [-0.05, 0) is 25.7 Å². The number of likely N-dealkylation sites (N-methyl/N-ethyl adjacent to an activating group) is 1.